The number of ether oxygens (including phenoxy) is 1. The number of hydrogen-bond acceptors (Lipinski definition) is 3. The Kier molecular flexibility index (Phi) is 3.02. The van der Waals surface area contributed by atoms with Crippen LogP contribution in [0.5, 0.6) is 5.75 Å². The number of hydrogen-bond donors (Lipinski definition) is 0. The second kappa shape index (κ2) is 4.45. The predicted octanol–water partition coefficient (Wildman–Crippen LogP) is 3.34. The van der Waals surface area contributed by atoms with E-state index in [9.17, 15) is 0 Å². The molecule has 0 atom stereocenters. The van der Waals surface area contributed by atoms with Crippen LogP contribution in [-0.4, -0.2) is 4.98 Å². The molecule has 0 saturated heterocycles. The van der Waals surface area contributed by atoms with Gasteiger partial charge in [-0.3, -0.25) is 0 Å². The van der Waals surface area contributed by atoms with E-state index >= 15 is 0 Å². The molecule has 0 aliphatic rings. The highest BCUT2D eigenvalue weighted by Crippen LogP contribution is 2.16. The van der Waals surface area contributed by atoms with Crippen LogP contribution in [0.25, 0.3) is 0 Å². The molecule has 0 N–H and O–H groups in total. The molecule has 0 radical (unpaired) electrons. The highest BCUT2D eigenvalue weighted by molar-refractivity contribution is 7.11. The summed E-state index contributed by atoms with van der Waals surface area (Å²) in [6, 6.07) is 8.05. The van der Waals surface area contributed by atoms with Crippen LogP contribution in [-0.2, 0) is 6.61 Å². The largest absolute Gasteiger partial charge is 0.486 e. The Bertz CT molecular complexity index is 433. The highest BCUT2D eigenvalue weighted by atomic mass is 32.1. The molecule has 1 heterocycles. The molecule has 0 aliphatic carbocycles. The average Bonchev–Trinajstić information content (AvgIpc) is 2.64. The van der Waals surface area contributed by atoms with E-state index in [1.54, 1.807) is 11.3 Å². The van der Waals surface area contributed by atoms with E-state index in [0.29, 0.717) is 6.61 Å². The summed E-state index contributed by atoms with van der Waals surface area (Å²) in [7, 11) is 0. The molecule has 0 bridgehead atoms. The van der Waals surface area contributed by atoms with E-state index in [1.165, 1.54) is 10.4 Å². The Balaban J connectivity index is 1.96. The van der Waals surface area contributed by atoms with Crippen molar-refractivity contribution in [1.29, 1.82) is 0 Å². The second-order valence-corrected chi connectivity index (χ2v) is 4.79. The van der Waals surface area contributed by atoms with Crippen LogP contribution < -0.4 is 4.74 Å². The molecule has 78 valence electrons. The molecule has 0 spiro atoms. The molecule has 2 nitrogen and oxygen atoms in total. The zero-order valence-corrected chi connectivity index (χ0v) is 9.67. The third-order valence-electron chi connectivity index (χ3n) is 2.05. The van der Waals surface area contributed by atoms with Crippen LogP contribution in [0.3, 0.4) is 0 Å². The SMILES string of the molecule is Cc1ccc(OCc2ncc(C)s2)cc1. The minimum absolute atomic E-state index is 0.557. The van der Waals surface area contributed by atoms with Gasteiger partial charge in [-0.05, 0) is 26.0 Å². The fourth-order valence-corrected chi connectivity index (χ4v) is 1.95. The van der Waals surface area contributed by atoms with Gasteiger partial charge in [-0.15, -0.1) is 11.3 Å². The quantitative estimate of drug-likeness (QED) is 0.790. The van der Waals surface area contributed by atoms with Crippen LogP contribution in [0.15, 0.2) is 30.5 Å². The second-order valence-electron chi connectivity index (χ2n) is 3.47. The Morgan fingerprint density at radius 2 is 1.93 bits per heavy atom. The molecular weight excluding hydrogens is 206 g/mol. The lowest BCUT2D eigenvalue weighted by Gasteiger charge is -2.03. The topological polar surface area (TPSA) is 22.1 Å². The average molecular weight is 219 g/mol. The molecule has 0 amide bonds. The molecule has 1 aromatic heterocycles. The molecule has 0 unspecified atom stereocenters. The third kappa shape index (κ3) is 2.80. The highest BCUT2D eigenvalue weighted by Gasteiger charge is 1.99. The summed E-state index contributed by atoms with van der Waals surface area (Å²) < 4.78 is 5.61. The molecule has 3 heteroatoms. The number of benzene rings is 1. The molecule has 0 aliphatic heterocycles. The lowest BCUT2D eigenvalue weighted by molar-refractivity contribution is 0.305. The fraction of sp³-hybridized carbons (Fsp3) is 0.250. The molecule has 1 aromatic carbocycles. The zero-order valence-electron chi connectivity index (χ0n) is 8.86. The van der Waals surface area contributed by atoms with Crippen molar-refractivity contribution in [2.75, 3.05) is 0 Å². The zero-order chi connectivity index (χ0) is 10.7. The number of rotatable bonds is 3. The molecule has 0 fully saturated rings. The summed E-state index contributed by atoms with van der Waals surface area (Å²) in [5.74, 6) is 0.897. The van der Waals surface area contributed by atoms with Gasteiger partial charge in [0, 0.05) is 11.1 Å². The Morgan fingerprint density at radius 3 is 2.53 bits per heavy atom. The van der Waals surface area contributed by atoms with Gasteiger partial charge in [-0.25, -0.2) is 4.98 Å². The summed E-state index contributed by atoms with van der Waals surface area (Å²) in [6.07, 6.45) is 1.87. The van der Waals surface area contributed by atoms with E-state index in [2.05, 4.69) is 11.9 Å². The van der Waals surface area contributed by atoms with Crippen molar-refractivity contribution in [3.63, 3.8) is 0 Å². The molecule has 15 heavy (non-hydrogen) atoms. The number of aromatic nitrogens is 1. The first-order chi connectivity index (χ1) is 7.24. The van der Waals surface area contributed by atoms with Crippen LogP contribution in [0.1, 0.15) is 15.4 Å². The van der Waals surface area contributed by atoms with Gasteiger partial charge >= 0.3 is 0 Å². The van der Waals surface area contributed by atoms with Crippen LogP contribution in [0.2, 0.25) is 0 Å². The van der Waals surface area contributed by atoms with E-state index in [4.69, 9.17) is 4.74 Å². The fourth-order valence-electron chi connectivity index (χ4n) is 1.25. The normalized spacial score (nSPS) is 10.3. The Morgan fingerprint density at radius 1 is 1.20 bits per heavy atom. The number of nitrogens with zero attached hydrogens (tertiary/aromatic N) is 1. The van der Waals surface area contributed by atoms with Gasteiger partial charge in [0.2, 0.25) is 0 Å². The van der Waals surface area contributed by atoms with Gasteiger partial charge in [0.15, 0.2) is 0 Å². The predicted molar refractivity (Wildman–Crippen MR) is 62.4 cm³/mol. The maximum absolute atomic E-state index is 5.61. The van der Waals surface area contributed by atoms with Crippen molar-refractivity contribution in [3.05, 3.63) is 45.9 Å². The van der Waals surface area contributed by atoms with Gasteiger partial charge in [-0.2, -0.15) is 0 Å². The van der Waals surface area contributed by atoms with Gasteiger partial charge in [0.25, 0.3) is 0 Å². The van der Waals surface area contributed by atoms with Crippen LogP contribution in [0.4, 0.5) is 0 Å². The maximum Gasteiger partial charge on any atom is 0.140 e. The standard InChI is InChI=1S/C12H13NOS/c1-9-3-5-11(6-4-9)14-8-12-13-7-10(2)15-12/h3-7H,8H2,1-2H3. The van der Waals surface area contributed by atoms with E-state index in [1.807, 2.05) is 37.4 Å². The van der Waals surface area contributed by atoms with E-state index in [-0.39, 0.29) is 0 Å². The van der Waals surface area contributed by atoms with Gasteiger partial charge in [-0.1, -0.05) is 17.7 Å². The van der Waals surface area contributed by atoms with Crippen molar-refractivity contribution < 1.29 is 4.74 Å². The summed E-state index contributed by atoms with van der Waals surface area (Å²) in [5, 5.41) is 1.02. The first kappa shape index (κ1) is 10.2. The van der Waals surface area contributed by atoms with Gasteiger partial charge in [0.05, 0.1) is 0 Å². The van der Waals surface area contributed by atoms with E-state index < -0.39 is 0 Å². The monoisotopic (exact) mass is 219 g/mol. The maximum atomic E-state index is 5.61. The summed E-state index contributed by atoms with van der Waals surface area (Å²) in [6.45, 7) is 4.67. The first-order valence-electron chi connectivity index (χ1n) is 4.85. The van der Waals surface area contributed by atoms with Crippen molar-refractivity contribution in [2.24, 2.45) is 0 Å². The summed E-state index contributed by atoms with van der Waals surface area (Å²) in [4.78, 5) is 5.46. The van der Waals surface area contributed by atoms with Crippen molar-refractivity contribution in [2.45, 2.75) is 20.5 Å². The van der Waals surface area contributed by atoms with Crippen molar-refractivity contribution >= 4 is 11.3 Å². The smallest absolute Gasteiger partial charge is 0.140 e. The third-order valence-corrected chi connectivity index (χ3v) is 2.94. The van der Waals surface area contributed by atoms with Gasteiger partial charge in [0.1, 0.15) is 17.4 Å². The molecule has 0 saturated carbocycles. The summed E-state index contributed by atoms with van der Waals surface area (Å²) >= 11 is 1.67. The lowest BCUT2D eigenvalue weighted by Crippen LogP contribution is -1.93. The Hall–Kier alpha value is -1.35. The number of aryl methyl sites for hydroxylation is 2. The van der Waals surface area contributed by atoms with Gasteiger partial charge < -0.3 is 4.74 Å². The minimum Gasteiger partial charge on any atom is -0.486 e. The molecular formula is C12H13NOS. The Labute approximate surface area is 93.6 Å². The van der Waals surface area contributed by atoms with Crippen molar-refractivity contribution in [1.82, 2.24) is 4.98 Å². The summed E-state index contributed by atoms with van der Waals surface area (Å²) in [5.41, 5.74) is 1.24. The lowest BCUT2D eigenvalue weighted by atomic mass is 10.2. The first-order valence-corrected chi connectivity index (χ1v) is 5.66. The molecule has 2 aromatic rings. The molecule has 2 rings (SSSR count). The van der Waals surface area contributed by atoms with Crippen molar-refractivity contribution in [3.8, 4) is 5.75 Å². The van der Waals surface area contributed by atoms with E-state index in [0.717, 1.165) is 10.8 Å². The van der Waals surface area contributed by atoms with Crippen LogP contribution in [0, 0.1) is 13.8 Å². The minimum atomic E-state index is 0.557. The number of thiazole rings is 1. The van der Waals surface area contributed by atoms with Crippen LogP contribution >= 0.6 is 11.3 Å².